The normalized spacial score (nSPS) is 9.94. The molecule has 18 heavy (non-hydrogen) atoms. The molecule has 0 aliphatic carbocycles. The van der Waals surface area contributed by atoms with Gasteiger partial charge in [-0.05, 0) is 23.8 Å². The van der Waals surface area contributed by atoms with Crippen molar-refractivity contribution in [3.05, 3.63) is 40.0 Å². The first-order chi connectivity index (χ1) is 8.54. The molecule has 1 aromatic carbocycles. The summed E-state index contributed by atoms with van der Waals surface area (Å²) in [5.41, 5.74) is 0.243. The Morgan fingerprint density at radius 2 is 2.33 bits per heavy atom. The minimum Gasteiger partial charge on any atom is -0.478 e. The molecule has 0 aromatic heterocycles. The van der Waals surface area contributed by atoms with Crippen molar-refractivity contribution < 1.29 is 19.6 Å². The highest BCUT2D eigenvalue weighted by molar-refractivity contribution is 5.85. The molecule has 0 unspecified atom stereocenters. The molecule has 0 spiro atoms. The summed E-state index contributed by atoms with van der Waals surface area (Å²) in [6.45, 7) is -0.104. The maximum absolute atomic E-state index is 10.7. The van der Waals surface area contributed by atoms with Crippen LogP contribution in [0.15, 0.2) is 24.3 Å². The summed E-state index contributed by atoms with van der Waals surface area (Å²) < 4.78 is 5.04. The van der Waals surface area contributed by atoms with Crippen molar-refractivity contribution >= 4 is 17.7 Å². The predicted octanol–water partition coefficient (Wildman–Crippen LogP) is 1.70. The van der Waals surface area contributed by atoms with Crippen LogP contribution in [0.4, 0.5) is 5.69 Å². The number of benzene rings is 1. The molecule has 1 N–H and O–H groups in total. The lowest BCUT2D eigenvalue weighted by molar-refractivity contribution is -0.385. The van der Waals surface area contributed by atoms with Gasteiger partial charge in [-0.3, -0.25) is 10.1 Å². The second-order valence-electron chi connectivity index (χ2n) is 3.15. The average Bonchev–Trinajstić information content (AvgIpc) is 2.33. The lowest BCUT2D eigenvalue weighted by Gasteiger charge is -2.04. The van der Waals surface area contributed by atoms with Crippen molar-refractivity contribution in [3.63, 3.8) is 0 Å². The van der Waals surface area contributed by atoms with E-state index in [-0.39, 0.29) is 18.0 Å². The van der Waals surface area contributed by atoms with Gasteiger partial charge >= 0.3 is 11.7 Å². The molecule has 0 saturated heterocycles. The Morgan fingerprint density at radius 1 is 1.61 bits per heavy atom. The molecule has 6 nitrogen and oxygen atoms in total. The van der Waals surface area contributed by atoms with Crippen LogP contribution in [0.25, 0.3) is 6.08 Å². The summed E-state index contributed by atoms with van der Waals surface area (Å²) >= 11 is 0. The number of nitro benzene ring substituents is 1. The first-order valence-electron chi connectivity index (χ1n) is 4.80. The van der Waals surface area contributed by atoms with Gasteiger partial charge in [0.2, 0.25) is 0 Å². The van der Waals surface area contributed by atoms with E-state index in [0.29, 0.717) is 5.56 Å². The van der Waals surface area contributed by atoms with Gasteiger partial charge in [0, 0.05) is 12.1 Å². The van der Waals surface area contributed by atoms with Gasteiger partial charge in [0.05, 0.1) is 4.92 Å². The van der Waals surface area contributed by atoms with Crippen LogP contribution in [-0.4, -0.2) is 22.6 Å². The fourth-order valence-electron chi connectivity index (χ4n) is 1.19. The number of hydrogen-bond acceptors (Lipinski definition) is 4. The molecule has 0 saturated carbocycles. The number of rotatable bonds is 5. The highest BCUT2D eigenvalue weighted by Gasteiger charge is 2.14. The summed E-state index contributed by atoms with van der Waals surface area (Å²) in [6, 6.07) is 4.00. The molecule has 0 bridgehead atoms. The monoisotopic (exact) mass is 247 g/mol. The van der Waals surface area contributed by atoms with Crippen LogP contribution in [0, 0.1) is 22.5 Å². The molecular weight excluding hydrogens is 238 g/mol. The van der Waals surface area contributed by atoms with Gasteiger partial charge in [-0.25, -0.2) is 4.79 Å². The van der Waals surface area contributed by atoms with Gasteiger partial charge in [-0.2, -0.15) is 0 Å². The number of carboxylic acid groups (broad SMARTS) is 1. The third kappa shape index (κ3) is 3.64. The van der Waals surface area contributed by atoms with E-state index in [1.807, 2.05) is 0 Å². The van der Waals surface area contributed by atoms with Crippen molar-refractivity contribution in [1.29, 1.82) is 0 Å². The smallest absolute Gasteiger partial charge is 0.328 e. The Kier molecular flexibility index (Phi) is 4.46. The Hall–Kier alpha value is -2.81. The van der Waals surface area contributed by atoms with Crippen molar-refractivity contribution in [2.75, 3.05) is 6.61 Å². The number of aliphatic carboxylic acids is 1. The van der Waals surface area contributed by atoms with E-state index < -0.39 is 10.9 Å². The van der Waals surface area contributed by atoms with E-state index in [1.165, 1.54) is 24.3 Å². The summed E-state index contributed by atoms with van der Waals surface area (Å²) in [6.07, 6.45) is 7.23. The third-order valence-corrected chi connectivity index (χ3v) is 1.91. The third-order valence-electron chi connectivity index (χ3n) is 1.91. The Bertz CT molecular complexity index is 542. The van der Waals surface area contributed by atoms with Gasteiger partial charge in [-0.15, -0.1) is 6.42 Å². The quantitative estimate of drug-likeness (QED) is 0.370. The fourth-order valence-corrected chi connectivity index (χ4v) is 1.19. The number of nitrogens with zero attached hydrogens (tertiary/aromatic N) is 1. The molecule has 1 rings (SSSR count). The first-order valence-corrected chi connectivity index (χ1v) is 4.80. The number of terminal acetylenes is 1. The van der Waals surface area contributed by atoms with E-state index in [2.05, 4.69) is 5.92 Å². The second kappa shape index (κ2) is 6.06. The van der Waals surface area contributed by atoms with Crippen LogP contribution in [0.2, 0.25) is 0 Å². The van der Waals surface area contributed by atoms with E-state index in [1.54, 1.807) is 0 Å². The van der Waals surface area contributed by atoms with E-state index in [0.717, 1.165) is 6.08 Å². The number of ether oxygens (including phenoxy) is 1. The fraction of sp³-hybridized carbons (Fsp3) is 0.0833. The summed E-state index contributed by atoms with van der Waals surface area (Å²) in [5.74, 6) is 1.09. The van der Waals surface area contributed by atoms with Crippen molar-refractivity contribution in [1.82, 2.24) is 0 Å². The second-order valence-corrected chi connectivity index (χ2v) is 3.15. The maximum Gasteiger partial charge on any atom is 0.328 e. The topological polar surface area (TPSA) is 89.7 Å². The number of nitro groups is 1. The van der Waals surface area contributed by atoms with E-state index >= 15 is 0 Å². The van der Waals surface area contributed by atoms with Crippen molar-refractivity contribution in [3.8, 4) is 18.1 Å². The zero-order valence-electron chi connectivity index (χ0n) is 9.20. The van der Waals surface area contributed by atoms with Crippen molar-refractivity contribution in [2.24, 2.45) is 0 Å². The highest BCUT2D eigenvalue weighted by Crippen LogP contribution is 2.28. The van der Waals surface area contributed by atoms with Gasteiger partial charge < -0.3 is 9.84 Å². The SMILES string of the molecule is C#CCOc1cc(C=CC(=O)O)ccc1[N+](=O)[O-]. The van der Waals surface area contributed by atoms with Crippen LogP contribution in [0.1, 0.15) is 5.56 Å². The lowest BCUT2D eigenvalue weighted by Crippen LogP contribution is -1.98. The van der Waals surface area contributed by atoms with Crippen LogP contribution < -0.4 is 4.74 Å². The minimum absolute atomic E-state index is 0.00508. The zero-order valence-corrected chi connectivity index (χ0v) is 9.20. The van der Waals surface area contributed by atoms with Gasteiger partial charge in [-0.1, -0.05) is 5.92 Å². The molecule has 0 heterocycles. The van der Waals surface area contributed by atoms with E-state index in [9.17, 15) is 14.9 Å². The summed E-state index contributed by atoms with van der Waals surface area (Å²) in [5, 5.41) is 19.2. The Morgan fingerprint density at radius 3 is 2.89 bits per heavy atom. The Labute approximate surface area is 103 Å². The van der Waals surface area contributed by atoms with Gasteiger partial charge in [0.15, 0.2) is 5.75 Å². The summed E-state index contributed by atoms with van der Waals surface area (Å²) in [4.78, 5) is 20.5. The molecule has 0 fully saturated rings. The number of carbonyl (C=O) groups is 1. The largest absolute Gasteiger partial charge is 0.478 e. The molecule has 0 aliphatic rings. The average molecular weight is 247 g/mol. The van der Waals surface area contributed by atoms with Gasteiger partial charge in [0.25, 0.3) is 0 Å². The molecule has 1 aromatic rings. The van der Waals surface area contributed by atoms with E-state index in [4.69, 9.17) is 16.3 Å². The van der Waals surface area contributed by atoms with Crippen LogP contribution >= 0.6 is 0 Å². The molecule has 92 valence electrons. The molecular formula is C12H9NO5. The van der Waals surface area contributed by atoms with Crippen molar-refractivity contribution in [2.45, 2.75) is 0 Å². The zero-order chi connectivity index (χ0) is 13.5. The van der Waals surface area contributed by atoms with Crippen LogP contribution in [0.3, 0.4) is 0 Å². The Balaban J connectivity index is 3.09. The van der Waals surface area contributed by atoms with Gasteiger partial charge in [0.1, 0.15) is 6.61 Å². The van der Waals surface area contributed by atoms with Crippen LogP contribution in [-0.2, 0) is 4.79 Å². The lowest BCUT2D eigenvalue weighted by atomic mass is 10.2. The minimum atomic E-state index is -1.11. The number of carboxylic acids is 1. The predicted molar refractivity (Wildman–Crippen MR) is 64.1 cm³/mol. The molecule has 0 aliphatic heterocycles. The molecule has 0 radical (unpaired) electrons. The standard InChI is InChI=1S/C12H9NO5/c1-2-7-18-11-8-9(4-6-12(14)15)3-5-10(11)13(16)17/h1,3-6,8H,7H2,(H,14,15). The molecule has 0 atom stereocenters. The van der Waals surface area contributed by atoms with Crippen LogP contribution in [0.5, 0.6) is 5.75 Å². The maximum atomic E-state index is 10.7. The first kappa shape index (κ1) is 13.3. The molecule has 6 heteroatoms. The highest BCUT2D eigenvalue weighted by atomic mass is 16.6. The molecule has 0 amide bonds. The summed E-state index contributed by atoms with van der Waals surface area (Å²) in [7, 11) is 0. The number of hydrogen-bond donors (Lipinski definition) is 1.